The molecule has 0 unspecified atom stereocenters. The predicted octanol–water partition coefficient (Wildman–Crippen LogP) is 2.42. The van der Waals surface area contributed by atoms with Crippen LogP contribution in [0.1, 0.15) is 18.9 Å². The molecule has 106 valence electrons. The minimum Gasteiger partial charge on any atom is -0.364 e. The van der Waals surface area contributed by atoms with Crippen LogP contribution in [0.3, 0.4) is 0 Å². The third-order valence-electron chi connectivity index (χ3n) is 3.87. The molecule has 0 saturated carbocycles. The predicted molar refractivity (Wildman–Crippen MR) is 83.6 cm³/mol. The summed E-state index contributed by atoms with van der Waals surface area (Å²) in [4.78, 5) is 15.4. The Morgan fingerprint density at radius 2 is 2.05 bits per heavy atom. The van der Waals surface area contributed by atoms with E-state index in [-0.39, 0.29) is 0 Å². The van der Waals surface area contributed by atoms with Crippen molar-refractivity contribution in [2.45, 2.75) is 13.3 Å². The van der Waals surface area contributed by atoms with Gasteiger partial charge in [-0.05, 0) is 24.5 Å². The lowest BCUT2D eigenvalue weighted by Crippen LogP contribution is -2.40. The molecule has 1 atom stereocenters. The Kier molecular flexibility index (Phi) is 3.53. The second kappa shape index (κ2) is 5.49. The summed E-state index contributed by atoms with van der Waals surface area (Å²) in [5, 5.41) is 9.21. The highest BCUT2D eigenvalue weighted by molar-refractivity contribution is 5.96. The first-order chi connectivity index (χ1) is 10.2. The van der Waals surface area contributed by atoms with E-state index in [1.54, 1.807) is 12.4 Å². The number of hydrogen-bond donors (Lipinski definition) is 0. The van der Waals surface area contributed by atoms with Crippen molar-refractivity contribution in [2.24, 2.45) is 10.9 Å². The Hall–Kier alpha value is -2.48. The highest BCUT2D eigenvalue weighted by Crippen LogP contribution is 2.29. The van der Waals surface area contributed by atoms with E-state index in [0.29, 0.717) is 17.0 Å². The Bertz CT molecular complexity index is 744. The summed E-state index contributed by atoms with van der Waals surface area (Å²) in [6.07, 6.45) is 4.35. The molecule has 0 N–H and O–H groups in total. The smallest absolute Gasteiger partial charge is 0.113 e. The minimum absolute atomic E-state index is 0.555. The molecular weight excluding hydrogens is 262 g/mol. The number of nitriles is 1. The van der Waals surface area contributed by atoms with Crippen molar-refractivity contribution in [3.05, 3.63) is 30.1 Å². The van der Waals surface area contributed by atoms with Gasteiger partial charge in [-0.3, -0.25) is 15.0 Å². The first-order valence-corrected chi connectivity index (χ1v) is 7.06. The second-order valence-electron chi connectivity index (χ2n) is 5.48. The second-order valence-corrected chi connectivity index (χ2v) is 5.48. The molecule has 0 aliphatic carbocycles. The molecule has 5 heteroatoms. The molecule has 1 aliphatic rings. The van der Waals surface area contributed by atoms with Gasteiger partial charge in [-0.1, -0.05) is 6.92 Å². The highest BCUT2D eigenvalue weighted by atomic mass is 15.2. The lowest BCUT2D eigenvalue weighted by Gasteiger charge is -2.34. The van der Waals surface area contributed by atoms with Crippen molar-refractivity contribution < 1.29 is 0 Å². The van der Waals surface area contributed by atoms with Gasteiger partial charge >= 0.3 is 0 Å². The highest BCUT2D eigenvalue weighted by Gasteiger charge is 2.23. The van der Waals surface area contributed by atoms with E-state index in [4.69, 9.17) is 0 Å². The standard InChI is InChI=1S/C16H17N5/c1-11-7-13(18-2)10-21(9-11)14-4-3-12(8-17)15-16(14)20-6-5-19-15/h3-6,11H,7,9-10H2,1-2H3/t11-/m0/s1. The fraction of sp³-hybridized carbons (Fsp3) is 0.375. The van der Waals surface area contributed by atoms with Crippen LogP contribution < -0.4 is 4.90 Å². The van der Waals surface area contributed by atoms with Crippen LogP contribution in [0.4, 0.5) is 5.69 Å². The van der Waals surface area contributed by atoms with Crippen molar-refractivity contribution in [3.63, 3.8) is 0 Å². The molecule has 1 saturated heterocycles. The Morgan fingerprint density at radius 3 is 2.76 bits per heavy atom. The van der Waals surface area contributed by atoms with E-state index >= 15 is 0 Å². The van der Waals surface area contributed by atoms with Crippen molar-refractivity contribution in [2.75, 3.05) is 25.0 Å². The fourth-order valence-electron chi connectivity index (χ4n) is 2.93. The summed E-state index contributed by atoms with van der Waals surface area (Å²) < 4.78 is 0. The van der Waals surface area contributed by atoms with Crippen molar-refractivity contribution in [1.82, 2.24) is 9.97 Å². The SMILES string of the molecule is CN=C1C[C@H](C)CN(c2ccc(C#N)c3nccnc23)C1. The minimum atomic E-state index is 0.555. The summed E-state index contributed by atoms with van der Waals surface area (Å²) in [5.41, 5.74) is 4.27. The van der Waals surface area contributed by atoms with Crippen LogP contribution in [0.25, 0.3) is 11.0 Å². The zero-order valence-corrected chi connectivity index (χ0v) is 12.2. The molecular formula is C16H17N5. The van der Waals surface area contributed by atoms with Gasteiger partial charge in [0, 0.05) is 31.7 Å². The van der Waals surface area contributed by atoms with Gasteiger partial charge in [0.25, 0.3) is 0 Å². The van der Waals surface area contributed by atoms with Crippen LogP contribution in [0.15, 0.2) is 29.5 Å². The number of benzene rings is 1. The first kappa shape index (κ1) is 13.5. The van der Waals surface area contributed by atoms with E-state index in [9.17, 15) is 5.26 Å². The van der Waals surface area contributed by atoms with Crippen molar-refractivity contribution in [3.8, 4) is 6.07 Å². The number of rotatable bonds is 1. The normalized spacial score (nSPS) is 20.7. The average molecular weight is 279 g/mol. The zero-order valence-electron chi connectivity index (χ0n) is 12.2. The van der Waals surface area contributed by atoms with Gasteiger partial charge in [0.1, 0.15) is 17.1 Å². The number of anilines is 1. The van der Waals surface area contributed by atoms with Gasteiger partial charge in [0.2, 0.25) is 0 Å². The topological polar surface area (TPSA) is 65.2 Å². The number of nitrogens with zero attached hydrogens (tertiary/aromatic N) is 5. The molecule has 0 spiro atoms. The Balaban J connectivity index is 2.11. The molecule has 5 nitrogen and oxygen atoms in total. The monoisotopic (exact) mass is 279 g/mol. The summed E-state index contributed by atoms with van der Waals surface area (Å²) >= 11 is 0. The van der Waals surface area contributed by atoms with Crippen molar-refractivity contribution in [1.29, 1.82) is 5.26 Å². The largest absolute Gasteiger partial charge is 0.364 e. The molecule has 1 aliphatic heterocycles. The molecule has 1 fully saturated rings. The summed E-state index contributed by atoms with van der Waals surface area (Å²) in [5.74, 6) is 0.555. The summed E-state index contributed by atoms with van der Waals surface area (Å²) in [7, 11) is 1.85. The van der Waals surface area contributed by atoms with Gasteiger partial charge in [-0.15, -0.1) is 0 Å². The molecule has 1 aromatic carbocycles. The van der Waals surface area contributed by atoms with E-state index in [1.807, 2.05) is 19.2 Å². The maximum atomic E-state index is 9.21. The van der Waals surface area contributed by atoms with E-state index in [1.165, 1.54) is 5.71 Å². The van der Waals surface area contributed by atoms with Gasteiger partial charge in [-0.25, -0.2) is 0 Å². The fourth-order valence-corrected chi connectivity index (χ4v) is 2.93. The molecule has 2 aromatic rings. The van der Waals surface area contributed by atoms with Crippen LogP contribution in [0.5, 0.6) is 0 Å². The van der Waals surface area contributed by atoms with Crippen LogP contribution in [-0.2, 0) is 0 Å². The lowest BCUT2D eigenvalue weighted by atomic mass is 9.97. The number of fused-ring (bicyclic) bond motifs is 1. The molecule has 2 heterocycles. The molecule has 0 amide bonds. The zero-order chi connectivity index (χ0) is 14.8. The van der Waals surface area contributed by atoms with Crippen LogP contribution in [0, 0.1) is 17.2 Å². The van der Waals surface area contributed by atoms with E-state index < -0.39 is 0 Å². The maximum absolute atomic E-state index is 9.21. The number of hydrogen-bond acceptors (Lipinski definition) is 5. The van der Waals surface area contributed by atoms with Gasteiger partial charge in [0.05, 0.1) is 17.8 Å². The summed E-state index contributed by atoms with van der Waals surface area (Å²) in [6.45, 7) is 4.02. The van der Waals surface area contributed by atoms with Crippen LogP contribution in [0.2, 0.25) is 0 Å². The molecule has 0 radical (unpaired) electrons. The summed E-state index contributed by atoms with van der Waals surface area (Å²) in [6, 6.07) is 5.98. The van der Waals surface area contributed by atoms with E-state index in [0.717, 1.165) is 30.7 Å². The Labute approximate surface area is 124 Å². The van der Waals surface area contributed by atoms with Gasteiger partial charge < -0.3 is 4.90 Å². The Morgan fingerprint density at radius 1 is 1.29 bits per heavy atom. The van der Waals surface area contributed by atoms with Crippen LogP contribution in [-0.4, -0.2) is 35.8 Å². The third-order valence-corrected chi connectivity index (χ3v) is 3.87. The number of aliphatic imine (C=N–C) groups is 1. The molecule has 1 aromatic heterocycles. The molecule has 21 heavy (non-hydrogen) atoms. The number of piperidine rings is 1. The number of aromatic nitrogens is 2. The quantitative estimate of drug-likeness (QED) is 0.804. The van der Waals surface area contributed by atoms with Gasteiger partial charge in [0.15, 0.2) is 0 Å². The molecule has 0 bridgehead atoms. The third kappa shape index (κ3) is 2.45. The molecule has 3 rings (SSSR count). The lowest BCUT2D eigenvalue weighted by molar-refractivity contribution is 0.563. The maximum Gasteiger partial charge on any atom is 0.113 e. The van der Waals surface area contributed by atoms with Crippen molar-refractivity contribution >= 4 is 22.4 Å². The van der Waals surface area contributed by atoms with E-state index in [2.05, 4.69) is 32.9 Å². The van der Waals surface area contributed by atoms with Crippen LogP contribution >= 0.6 is 0 Å². The first-order valence-electron chi connectivity index (χ1n) is 7.06. The van der Waals surface area contributed by atoms with Gasteiger partial charge in [-0.2, -0.15) is 5.26 Å². The average Bonchev–Trinajstić information content (AvgIpc) is 2.53.